The number of rotatable bonds is 4. The van der Waals surface area contributed by atoms with Crippen LogP contribution in [0.2, 0.25) is 0 Å². The molecule has 0 radical (unpaired) electrons. The van der Waals surface area contributed by atoms with Crippen LogP contribution >= 0.6 is 0 Å². The zero-order chi connectivity index (χ0) is 13.8. The average Bonchev–Trinajstić information content (AvgIpc) is 2.40. The number of anilines is 1. The van der Waals surface area contributed by atoms with Gasteiger partial charge in [-0.25, -0.2) is 9.18 Å². The van der Waals surface area contributed by atoms with Crippen LogP contribution in [0, 0.1) is 5.82 Å². The molecule has 2 rings (SSSR count). The van der Waals surface area contributed by atoms with E-state index in [2.05, 4.69) is 11.8 Å². The quantitative estimate of drug-likeness (QED) is 0.902. The molecule has 4 heteroatoms. The Kier molecular flexibility index (Phi) is 4.40. The minimum Gasteiger partial charge on any atom is -0.478 e. The van der Waals surface area contributed by atoms with Gasteiger partial charge in [0.15, 0.2) is 0 Å². The molecule has 0 spiro atoms. The minimum atomic E-state index is -1.06. The molecule has 1 heterocycles. The molecule has 1 aliphatic heterocycles. The second-order valence-corrected chi connectivity index (χ2v) is 5.10. The van der Waals surface area contributed by atoms with E-state index in [1.807, 2.05) is 0 Å². The highest BCUT2D eigenvalue weighted by atomic mass is 19.1. The van der Waals surface area contributed by atoms with Crippen molar-refractivity contribution in [1.82, 2.24) is 0 Å². The van der Waals surface area contributed by atoms with E-state index in [9.17, 15) is 14.3 Å². The summed E-state index contributed by atoms with van der Waals surface area (Å²) in [6.07, 6.45) is 5.47. The highest BCUT2D eigenvalue weighted by Gasteiger charge is 2.25. The van der Waals surface area contributed by atoms with Crippen LogP contribution in [0.4, 0.5) is 10.1 Å². The summed E-state index contributed by atoms with van der Waals surface area (Å²) in [6, 6.07) is 4.45. The summed E-state index contributed by atoms with van der Waals surface area (Å²) in [4.78, 5) is 13.4. The summed E-state index contributed by atoms with van der Waals surface area (Å²) in [5.74, 6) is -1.56. The number of carboxylic acids is 1. The predicted octanol–water partition coefficient (Wildman–Crippen LogP) is 3.68. The molecule has 0 amide bonds. The van der Waals surface area contributed by atoms with Crippen LogP contribution in [-0.4, -0.2) is 23.7 Å². The maximum absolute atomic E-state index is 13.2. The second-order valence-electron chi connectivity index (χ2n) is 5.10. The summed E-state index contributed by atoms with van der Waals surface area (Å²) < 4.78 is 13.2. The molecule has 0 saturated carbocycles. The highest BCUT2D eigenvalue weighted by molar-refractivity contribution is 5.94. The Morgan fingerprint density at radius 1 is 1.47 bits per heavy atom. The zero-order valence-electron chi connectivity index (χ0n) is 11.2. The highest BCUT2D eigenvalue weighted by Crippen LogP contribution is 2.30. The molecule has 1 fully saturated rings. The standard InChI is InChI=1S/C15H20FNO2/c1-2-5-12-6-3-4-9-17(12)14-8-7-11(16)10-13(14)15(18)19/h7-8,10,12H,2-6,9H2,1H3,(H,18,19). The van der Waals surface area contributed by atoms with Crippen molar-refractivity contribution in [2.75, 3.05) is 11.4 Å². The van der Waals surface area contributed by atoms with Crippen LogP contribution in [0.5, 0.6) is 0 Å². The fourth-order valence-electron chi connectivity index (χ4n) is 2.88. The van der Waals surface area contributed by atoms with Gasteiger partial charge in [-0.3, -0.25) is 0 Å². The lowest BCUT2D eigenvalue weighted by Crippen LogP contribution is -2.40. The van der Waals surface area contributed by atoms with Crippen molar-refractivity contribution >= 4 is 11.7 Å². The summed E-state index contributed by atoms with van der Waals surface area (Å²) in [5, 5.41) is 9.24. The largest absolute Gasteiger partial charge is 0.478 e. The number of nitrogens with zero attached hydrogens (tertiary/aromatic N) is 1. The van der Waals surface area contributed by atoms with Gasteiger partial charge in [-0.1, -0.05) is 13.3 Å². The Hall–Kier alpha value is -1.58. The van der Waals surface area contributed by atoms with Gasteiger partial charge in [-0.05, 0) is 43.9 Å². The molecular weight excluding hydrogens is 245 g/mol. The first-order valence-electron chi connectivity index (χ1n) is 6.93. The fourth-order valence-corrected chi connectivity index (χ4v) is 2.88. The van der Waals surface area contributed by atoms with E-state index in [1.54, 1.807) is 6.07 Å². The summed E-state index contributed by atoms with van der Waals surface area (Å²) in [6.45, 7) is 2.99. The third-order valence-electron chi connectivity index (χ3n) is 3.75. The zero-order valence-corrected chi connectivity index (χ0v) is 11.2. The molecule has 0 bridgehead atoms. The lowest BCUT2D eigenvalue weighted by molar-refractivity contribution is 0.0697. The van der Waals surface area contributed by atoms with Crippen LogP contribution < -0.4 is 4.90 Å². The van der Waals surface area contributed by atoms with Gasteiger partial charge in [-0.15, -0.1) is 0 Å². The van der Waals surface area contributed by atoms with Crippen molar-refractivity contribution in [3.05, 3.63) is 29.6 Å². The molecule has 1 saturated heterocycles. The van der Waals surface area contributed by atoms with Crippen molar-refractivity contribution in [1.29, 1.82) is 0 Å². The molecule has 1 aromatic carbocycles. The lowest BCUT2D eigenvalue weighted by atomic mass is 9.96. The SMILES string of the molecule is CCCC1CCCCN1c1ccc(F)cc1C(=O)O. The Bertz CT molecular complexity index is 459. The summed E-state index contributed by atoms with van der Waals surface area (Å²) in [5.41, 5.74) is 0.732. The van der Waals surface area contributed by atoms with Gasteiger partial charge in [0.2, 0.25) is 0 Å². The van der Waals surface area contributed by atoms with E-state index in [4.69, 9.17) is 0 Å². The number of carbonyl (C=O) groups is 1. The molecular formula is C15H20FNO2. The Morgan fingerprint density at radius 2 is 2.26 bits per heavy atom. The van der Waals surface area contributed by atoms with E-state index in [0.29, 0.717) is 11.7 Å². The van der Waals surface area contributed by atoms with E-state index in [-0.39, 0.29) is 5.56 Å². The number of benzene rings is 1. The molecule has 1 unspecified atom stereocenters. The lowest BCUT2D eigenvalue weighted by Gasteiger charge is -2.38. The van der Waals surface area contributed by atoms with Crippen LogP contribution in [0.15, 0.2) is 18.2 Å². The van der Waals surface area contributed by atoms with Gasteiger partial charge < -0.3 is 10.0 Å². The number of hydrogen-bond acceptors (Lipinski definition) is 2. The van der Waals surface area contributed by atoms with Gasteiger partial charge in [0.1, 0.15) is 5.82 Å². The molecule has 0 aliphatic carbocycles. The first kappa shape index (κ1) is 13.8. The monoisotopic (exact) mass is 265 g/mol. The van der Waals surface area contributed by atoms with E-state index in [0.717, 1.165) is 38.3 Å². The van der Waals surface area contributed by atoms with Crippen molar-refractivity contribution in [3.63, 3.8) is 0 Å². The Morgan fingerprint density at radius 3 is 2.95 bits per heavy atom. The van der Waals surface area contributed by atoms with Gasteiger partial charge in [0.05, 0.1) is 11.3 Å². The fraction of sp³-hybridized carbons (Fsp3) is 0.533. The molecule has 1 aliphatic rings. The summed E-state index contributed by atoms with van der Waals surface area (Å²) in [7, 11) is 0. The van der Waals surface area contributed by atoms with Crippen LogP contribution in [-0.2, 0) is 0 Å². The number of hydrogen-bond donors (Lipinski definition) is 1. The molecule has 1 aromatic rings. The number of aromatic carboxylic acids is 1. The first-order valence-corrected chi connectivity index (χ1v) is 6.93. The van der Waals surface area contributed by atoms with Gasteiger partial charge >= 0.3 is 5.97 Å². The topological polar surface area (TPSA) is 40.5 Å². The Labute approximate surface area is 113 Å². The van der Waals surface area contributed by atoms with Crippen LogP contribution in [0.3, 0.4) is 0 Å². The molecule has 19 heavy (non-hydrogen) atoms. The first-order chi connectivity index (χ1) is 9.13. The predicted molar refractivity (Wildman–Crippen MR) is 73.3 cm³/mol. The van der Waals surface area contributed by atoms with E-state index >= 15 is 0 Å². The number of piperidine rings is 1. The van der Waals surface area contributed by atoms with Crippen molar-refractivity contribution in [2.24, 2.45) is 0 Å². The normalized spacial score (nSPS) is 19.5. The molecule has 1 atom stereocenters. The summed E-state index contributed by atoms with van der Waals surface area (Å²) >= 11 is 0. The van der Waals surface area contributed by atoms with E-state index < -0.39 is 11.8 Å². The van der Waals surface area contributed by atoms with Gasteiger partial charge in [0.25, 0.3) is 0 Å². The maximum atomic E-state index is 13.2. The number of carboxylic acid groups (broad SMARTS) is 1. The smallest absolute Gasteiger partial charge is 0.337 e. The third kappa shape index (κ3) is 3.06. The molecule has 0 aromatic heterocycles. The van der Waals surface area contributed by atoms with Gasteiger partial charge in [-0.2, -0.15) is 0 Å². The molecule has 1 N–H and O–H groups in total. The van der Waals surface area contributed by atoms with Crippen molar-refractivity contribution in [3.8, 4) is 0 Å². The van der Waals surface area contributed by atoms with Crippen molar-refractivity contribution < 1.29 is 14.3 Å². The minimum absolute atomic E-state index is 0.0722. The van der Waals surface area contributed by atoms with Crippen molar-refractivity contribution in [2.45, 2.75) is 45.1 Å². The third-order valence-corrected chi connectivity index (χ3v) is 3.75. The Balaban J connectivity index is 2.35. The molecule has 104 valence electrons. The maximum Gasteiger partial charge on any atom is 0.337 e. The van der Waals surface area contributed by atoms with Crippen LogP contribution in [0.1, 0.15) is 49.4 Å². The molecule has 3 nitrogen and oxygen atoms in total. The second kappa shape index (κ2) is 6.04. The van der Waals surface area contributed by atoms with Gasteiger partial charge in [0, 0.05) is 12.6 Å². The van der Waals surface area contributed by atoms with Crippen LogP contribution in [0.25, 0.3) is 0 Å². The average molecular weight is 265 g/mol. The van der Waals surface area contributed by atoms with E-state index in [1.165, 1.54) is 12.5 Å². The number of halogens is 1.